The number of allylic oxidation sites excluding steroid dienone is 4. The second-order valence-corrected chi connectivity index (χ2v) is 8.25. The van der Waals surface area contributed by atoms with Crippen LogP contribution in [0.15, 0.2) is 59.2 Å². The van der Waals surface area contributed by atoms with Gasteiger partial charge in [0.15, 0.2) is 0 Å². The second-order valence-electron chi connectivity index (χ2n) is 7.45. The van der Waals surface area contributed by atoms with E-state index < -0.39 is 0 Å². The fourth-order valence-electron chi connectivity index (χ4n) is 3.28. The fraction of sp³-hybridized carbons (Fsp3) is 0.400. The van der Waals surface area contributed by atoms with Crippen LogP contribution in [0.2, 0.25) is 0 Å². The van der Waals surface area contributed by atoms with E-state index in [-0.39, 0.29) is 10.8 Å². The van der Waals surface area contributed by atoms with Crippen LogP contribution in [0.3, 0.4) is 0 Å². The number of hydrogen-bond donors (Lipinski definition) is 0. The van der Waals surface area contributed by atoms with Gasteiger partial charge in [-0.05, 0) is 52.5 Å². The maximum atomic E-state index is 5.51. The predicted octanol–water partition coefficient (Wildman–Crippen LogP) is 6.36. The van der Waals surface area contributed by atoms with E-state index in [0.717, 1.165) is 0 Å². The Hall–Kier alpha value is -1.41. The van der Waals surface area contributed by atoms with Crippen molar-refractivity contribution in [3.63, 3.8) is 0 Å². The molecule has 0 saturated carbocycles. The monoisotopic (exact) mass is 312 g/mol. The third kappa shape index (κ3) is 2.89. The smallest absolute Gasteiger partial charge is 0.102 e. The summed E-state index contributed by atoms with van der Waals surface area (Å²) in [6, 6.07) is 10.7. The maximum absolute atomic E-state index is 5.51. The van der Waals surface area contributed by atoms with Crippen molar-refractivity contribution in [1.82, 2.24) is 0 Å². The minimum atomic E-state index is 0.152. The van der Waals surface area contributed by atoms with Gasteiger partial charge in [0.05, 0.1) is 16.9 Å². The SMILES string of the molecule is CC1(C)CCC(C)(C)/C(c2ccccc2)=C\C2=C1C=COS2. The zero-order valence-corrected chi connectivity index (χ0v) is 14.7. The molecule has 1 aliphatic heterocycles. The number of benzene rings is 1. The van der Waals surface area contributed by atoms with E-state index in [1.807, 2.05) is 6.26 Å². The van der Waals surface area contributed by atoms with Crippen LogP contribution in [0.4, 0.5) is 0 Å². The number of rotatable bonds is 1. The van der Waals surface area contributed by atoms with Crippen LogP contribution < -0.4 is 0 Å². The molecule has 0 aromatic heterocycles. The Kier molecular flexibility index (Phi) is 3.98. The van der Waals surface area contributed by atoms with Crippen molar-refractivity contribution in [3.05, 3.63) is 64.8 Å². The molecule has 22 heavy (non-hydrogen) atoms. The minimum absolute atomic E-state index is 0.152. The summed E-state index contributed by atoms with van der Waals surface area (Å²) in [6.07, 6.45) is 8.65. The first kappa shape index (κ1) is 15.5. The topological polar surface area (TPSA) is 9.23 Å². The van der Waals surface area contributed by atoms with Gasteiger partial charge in [-0.1, -0.05) is 58.0 Å². The molecule has 3 rings (SSSR count). The highest BCUT2D eigenvalue weighted by Crippen LogP contribution is 2.50. The lowest BCUT2D eigenvalue weighted by Crippen LogP contribution is -2.24. The lowest BCUT2D eigenvalue weighted by atomic mass is 9.68. The molecule has 0 amide bonds. The molecule has 116 valence electrons. The van der Waals surface area contributed by atoms with Crippen molar-refractivity contribution >= 4 is 17.6 Å². The van der Waals surface area contributed by atoms with E-state index >= 15 is 0 Å². The molecule has 0 fully saturated rings. The van der Waals surface area contributed by atoms with Gasteiger partial charge in [0.1, 0.15) is 6.26 Å². The van der Waals surface area contributed by atoms with Crippen LogP contribution in [0, 0.1) is 10.8 Å². The van der Waals surface area contributed by atoms with Gasteiger partial charge in [-0.3, -0.25) is 0 Å². The zero-order chi connectivity index (χ0) is 15.8. The van der Waals surface area contributed by atoms with Gasteiger partial charge in [-0.2, -0.15) is 0 Å². The Balaban J connectivity index is 2.19. The Morgan fingerprint density at radius 1 is 0.955 bits per heavy atom. The highest BCUT2D eigenvalue weighted by Gasteiger charge is 2.34. The summed E-state index contributed by atoms with van der Waals surface area (Å²) in [4.78, 5) is 1.25. The van der Waals surface area contributed by atoms with Crippen molar-refractivity contribution in [2.45, 2.75) is 40.5 Å². The molecule has 0 unspecified atom stereocenters. The maximum Gasteiger partial charge on any atom is 0.102 e. The lowest BCUT2D eigenvalue weighted by Gasteiger charge is -2.38. The van der Waals surface area contributed by atoms with Crippen LogP contribution in [0.5, 0.6) is 0 Å². The third-order valence-corrected chi connectivity index (χ3v) is 5.61. The van der Waals surface area contributed by atoms with Crippen LogP contribution in [0.1, 0.15) is 46.1 Å². The molecular formula is C20H24OS. The third-order valence-electron chi connectivity index (χ3n) is 4.89. The summed E-state index contributed by atoms with van der Waals surface area (Å²) in [5, 5.41) is 0. The van der Waals surface area contributed by atoms with Crippen molar-refractivity contribution in [2.24, 2.45) is 10.8 Å². The fourth-order valence-corrected chi connectivity index (χ4v) is 4.09. The van der Waals surface area contributed by atoms with Crippen molar-refractivity contribution in [3.8, 4) is 0 Å². The molecular weight excluding hydrogens is 288 g/mol. The van der Waals surface area contributed by atoms with Crippen molar-refractivity contribution < 1.29 is 4.18 Å². The first-order chi connectivity index (χ1) is 10.4. The molecule has 1 nitrogen and oxygen atoms in total. The molecule has 0 N–H and O–H groups in total. The summed E-state index contributed by atoms with van der Waals surface area (Å²) in [5.74, 6) is 0. The Bertz CT molecular complexity index is 648. The second kappa shape index (κ2) is 5.66. The first-order valence-corrected chi connectivity index (χ1v) is 8.67. The first-order valence-electron chi connectivity index (χ1n) is 7.92. The van der Waals surface area contributed by atoms with Gasteiger partial charge in [0, 0.05) is 0 Å². The van der Waals surface area contributed by atoms with Crippen LogP contribution in [0.25, 0.3) is 5.57 Å². The summed E-state index contributed by atoms with van der Waals surface area (Å²) >= 11 is 1.49. The predicted molar refractivity (Wildman–Crippen MR) is 96.1 cm³/mol. The van der Waals surface area contributed by atoms with Crippen LogP contribution >= 0.6 is 12.0 Å². The van der Waals surface area contributed by atoms with Gasteiger partial charge in [-0.15, -0.1) is 0 Å². The molecule has 1 aromatic carbocycles. The normalized spacial score (nSPS) is 25.4. The average molecular weight is 312 g/mol. The van der Waals surface area contributed by atoms with E-state index in [0.29, 0.717) is 0 Å². The van der Waals surface area contributed by atoms with Gasteiger partial charge in [0.2, 0.25) is 0 Å². The van der Waals surface area contributed by atoms with Gasteiger partial charge in [-0.25, -0.2) is 0 Å². The molecule has 0 bridgehead atoms. The van der Waals surface area contributed by atoms with Crippen molar-refractivity contribution in [2.75, 3.05) is 0 Å². The quantitative estimate of drug-likeness (QED) is 0.558. The summed E-state index contributed by atoms with van der Waals surface area (Å²) in [5.41, 5.74) is 4.45. The van der Waals surface area contributed by atoms with Crippen LogP contribution in [-0.4, -0.2) is 0 Å². The summed E-state index contributed by atoms with van der Waals surface area (Å²) in [7, 11) is 0. The average Bonchev–Trinajstić information content (AvgIpc) is 2.51. The minimum Gasteiger partial charge on any atom is -0.428 e. The Morgan fingerprint density at radius 3 is 2.36 bits per heavy atom. The van der Waals surface area contributed by atoms with Crippen LogP contribution in [-0.2, 0) is 4.18 Å². The Labute approximate surface area is 138 Å². The van der Waals surface area contributed by atoms with E-state index in [4.69, 9.17) is 4.18 Å². The molecule has 0 saturated heterocycles. The summed E-state index contributed by atoms with van der Waals surface area (Å²) < 4.78 is 5.51. The summed E-state index contributed by atoms with van der Waals surface area (Å²) in [6.45, 7) is 9.40. The van der Waals surface area contributed by atoms with Gasteiger partial charge < -0.3 is 4.18 Å². The largest absolute Gasteiger partial charge is 0.428 e. The van der Waals surface area contributed by atoms with Gasteiger partial charge >= 0.3 is 0 Å². The number of hydrogen-bond acceptors (Lipinski definition) is 2. The molecule has 1 aromatic rings. The van der Waals surface area contributed by atoms with Gasteiger partial charge in [0.25, 0.3) is 0 Å². The highest BCUT2D eigenvalue weighted by molar-refractivity contribution is 7.98. The van der Waals surface area contributed by atoms with E-state index in [9.17, 15) is 0 Å². The molecule has 2 heteroatoms. The van der Waals surface area contributed by atoms with E-state index in [1.165, 1.54) is 46.5 Å². The van der Waals surface area contributed by atoms with Crippen molar-refractivity contribution in [1.29, 1.82) is 0 Å². The molecule has 1 heterocycles. The molecule has 0 atom stereocenters. The lowest BCUT2D eigenvalue weighted by molar-refractivity contribution is 0.324. The van der Waals surface area contributed by atoms with E-state index in [1.54, 1.807) is 0 Å². The molecule has 2 aliphatic rings. The highest BCUT2D eigenvalue weighted by atomic mass is 32.2. The zero-order valence-electron chi connectivity index (χ0n) is 13.8. The Morgan fingerprint density at radius 2 is 1.64 bits per heavy atom. The van der Waals surface area contributed by atoms with E-state index in [2.05, 4.69) is 70.2 Å². The standard InChI is InChI=1S/C20H24OS/c1-19(2)11-12-20(3,4)17(15-8-6-5-7-9-15)14-18-16(19)10-13-21-22-18/h5-10,13-14H,11-12H2,1-4H3/b17-14-. The molecule has 0 radical (unpaired) electrons. The molecule has 0 spiro atoms. The molecule has 1 aliphatic carbocycles.